The second-order valence-electron chi connectivity index (χ2n) is 3.72. The van der Waals surface area contributed by atoms with E-state index >= 15 is 0 Å². The average Bonchev–Trinajstić information content (AvgIpc) is 2.65. The average molecular weight is 255 g/mol. The van der Waals surface area contributed by atoms with E-state index < -0.39 is 5.09 Å². The third kappa shape index (κ3) is 2.29. The van der Waals surface area contributed by atoms with Gasteiger partial charge in [0.2, 0.25) is 11.3 Å². The highest BCUT2D eigenvalue weighted by molar-refractivity contribution is 5.65. The maximum absolute atomic E-state index is 11.9. The Hall–Kier alpha value is -2.45. The van der Waals surface area contributed by atoms with E-state index in [1.807, 2.05) is 25.6 Å². The van der Waals surface area contributed by atoms with Crippen molar-refractivity contribution < 1.29 is 9.65 Å². The molecule has 2 heterocycles. The van der Waals surface area contributed by atoms with Gasteiger partial charge in [-0.1, -0.05) is 4.98 Å². The lowest BCUT2D eigenvalue weighted by Crippen LogP contribution is -2.41. The van der Waals surface area contributed by atoms with E-state index in [1.165, 1.54) is 0 Å². The normalized spacial score (nSPS) is 10.0. The summed E-state index contributed by atoms with van der Waals surface area (Å²) in [7, 11) is 5.50. The van der Waals surface area contributed by atoms with Crippen molar-refractivity contribution in [2.24, 2.45) is 21.1 Å². The fourth-order valence-electron chi connectivity index (χ4n) is 1.59. The molecule has 0 fully saturated rings. The van der Waals surface area contributed by atoms with Gasteiger partial charge in [0.05, 0.1) is 19.2 Å². The van der Waals surface area contributed by atoms with E-state index in [9.17, 15) is 4.79 Å². The van der Waals surface area contributed by atoms with Gasteiger partial charge in [0.1, 0.15) is 0 Å². The van der Waals surface area contributed by atoms with Crippen LogP contribution in [0, 0.1) is 22.2 Å². The molecule has 0 atom stereocenters. The van der Waals surface area contributed by atoms with Crippen LogP contribution >= 0.6 is 0 Å². The topological polar surface area (TPSA) is 110 Å². The van der Waals surface area contributed by atoms with Crippen molar-refractivity contribution in [3.63, 3.8) is 0 Å². The van der Waals surface area contributed by atoms with Gasteiger partial charge < -0.3 is 19.9 Å². The fraction of sp³-hybridized carbons (Fsp3) is 0.444. The molecule has 9 heteroatoms. The molecule has 0 aliphatic heterocycles. The van der Waals surface area contributed by atoms with Gasteiger partial charge >= 0.3 is 5.56 Å². The van der Waals surface area contributed by atoms with Crippen LogP contribution in [0.15, 0.2) is 11.1 Å². The molecule has 0 unspecified atom stereocenters. The fourth-order valence-corrected chi connectivity index (χ4v) is 1.59. The van der Waals surface area contributed by atoms with Gasteiger partial charge in [-0.2, -0.15) is 0 Å². The molecule has 0 bridgehead atoms. The zero-order valence-electron chi connectivity index (χ0n) is 10.4. The van der Waals surface area contributed by atoms with Crippen LogP contribution in [0.2, 0.25) is 0 Å². The van der Waals surface area contributed by atoms with Gasteiger partial charge in [-0.15, -0.1) is 0 Å². The van der Waals surface area contributed by atoms with Crippen molar-refractivity contribution in [2.75, 3.05) is 0 Å². The Morgan fingerprint density at radius 1 is 1.39 bits per heavy atom. The number of imidazole rings is 1. The van der Waals surface area contributed by atoms with Crippen LogP contribution in [0.4, 0.5) is 0 Å². The number of hydrogen-bond acceptors (Lipinski definition) is 5. The first-order chi connectivity index (χ1) is 8.27. The predicted molar refractivity (Wildman–Crippen MR) is 62.2 cm³/mol. The highest BCUT2D eigenvalue weighted by atomic mass is 16.9. The number of aryl methyl sites for hydroxylation is 2. The van der Waals surface area contributed by atoms with Crippen molar-refractivity contribution in [3.05, 3.63) is 37.8 Å². The van der Waals surface area contributed by atoms with Crippen LogP contribution in [0.3, 0.4) is 0 Å². The molecular formula is C9H13N5O4. The van der Waals surface area contributed by atoms with Crippen LogP contribution < -0.4 is 10.1 Å². The van der Waals surface area contributed by atoms with Gasteiger partial charge in [-0.3, -0.25) is 0 Å². The third-order valence-electron chi connectivity index (χ3n) is 2.71. The maximum atomic E-state index is 11.9. The Kier molecular flexibility index (Phi) is 3.64. The molecule has 0 amide bonds. The molecule has 0 aromatic carbocycles. The van der Waals surface area contributed by atoms with Gasteiger partial charge in [0.25, 0.3) is 5.65 Å². The quantitative estimate of drug-likeness (QED) is 0.346. The number of hydrogen-bond donors (Lipinski definition) is 0. The summed E-state index contributed by atoms with van der Waals surface area (Å²) in [6.45, 7) is 1.90. The molecule has 98 valence electrons. The lowest BCUT2D eigenvalue weighted by atomic mass is 10.4. The van der Waals surface area contributed by atoms with E-state index in [0.29, 0.717) is 5.52 Å². The van der Waals surface area contributed by atoms with Crippen molar-refractivity contribution >= 4 is 11.2 Å². The maximum Gasteiger partial charge on any atom is 0.337 e. The summed E-state index contributed by atoms with van der Waals surface area (Å²) >= 11 is 0. The van der Waals surface area contributed by atoms with Gasteiger partial charge in [0, 0.05) is 14.0 Å². The van der Waals surface area contributed by atoms with Crippen LogP contribution in [0.25, 0.3) is 11.2 Å². The first kappa shape index (κ1) is 13.6. The minimum atomic E-state index is -1.75. The Bertz CT molecular complexity index is 653. The molecule has 0 aliphatic carbocycles. The first-order valence-electron chi connectivity index (χ1n) is 4.95. The summed E-state index contributed by atoms with van der Waals surface area (Å²) in [4.78, 5) is 24.3. The Morgan fingerprint density at radius 2 is 1.89 bits per heavy atom. The number of fused-ring (bicyclic) bond motifs is 1. The van der Waals surface area contributed by atoms with Crippen molar-refractivity contribution in [1.82, 2.24) is 14.1 Å². The molecule has 9 nitrogen and oxygen atoms in total. The molecule has 0 radical (unpaired) electrons. The molecule has 0 saturated heterocycles. The largest absolute Gasteiger partial charge is 0.356 e. The molecule has 2 aromatic heterocycles. The smallest absolute Gasteiger partial charge is 0.337 e. The summed E-state index contributed by atoms with van der Waals surface area (Å²) in [5.41, 5.74) is 1.37. The number of aromatic nitrogens is 4. The Morgan fingerprint density at radius 3 is 2.39 bits per heavy atom. The van der Waals surface area contributed by atoms with Crippen LogP contribution in [0.5, 0.6) is 0 Å². The molecule has 0 spiro atoms. The van der Waals surface area contributed by atoms with E-state index in [2.05, 4.69) is 4.98 Å². The zero-order chi connectivity index (χ0) is 14.0. The number of rotatable bonds is 0. The Labute approximate surface area is 102 Å². The standard InChI is InChI=1S/C9H13N4O.NO3/c1-6-12(3)8-7(9(14)13(6)4)11(2)5-10-8;2-1(3)4/h5H,1-4H3;/q+1;-1. The summed E-state index contributed by atoms with van der Waals surface area (Å²) in [5.74, 6) is 0.890. The molecule has 0 saturated carbocycles. The second-order valence-corrected chi connectivity index (χ2v) is 3.72. The summed E-state index contributed by atoms with van der Waals surface area (Å²) in [6.07, 6.45) is 1.66. The minimum absolute atomic E-state index is 0.00407. The van der Waals surface area contributed by atoms with Crippen molar-refractivity contribution in [1.29, 1.82) is 0 Å². The van der Waals surface area contributed by atoms with Gasteiger partial charge in [0.15, 0.2) is 6.33 Å². The number of nitrogens with zero attached hydrogens (tertiary/aromatic N) is 5. The first-order valence-corrected chi connectivity index (χ1v) is 4.95. The molecule has 18 heavy (non-hydrogen) atoms. The van der Waals surface area contributed by atoms with Crippen molar-refractivity contribution in [2.45, 2.75) is 6.92 Å². The minimum Gasteiger partial charge on any atom is -0.356 e. The van der Waals surface area contributed by atoms with Crippen molar-refractivity contribution in [3.8, 4) is 0 Å². The Balaban J connectivity index is 0.000000357. The van der Waals surface area contributed by atoms with E-state index in [1.54, 1.807) is 22.5 Å². The highest BCUT2D eigenvalue weighted by Crippen LogP contribution is 2.01. The summed E-state index contributed by atoms with van der Waals surface area (Å²) in [5, 5.41) is 14.8. The molecule has 2 aromatic rings. The predicted octanol–water partition coefficient (Wildman–Crippen LogP) is -0.834. The lowest BCUT2D eigenvalue weighted by Gasteiger charge is -2.02. The molecule has 0 aliphatic rings. The van der Waals surface area contributed by atoms with Gasteiger partial charge in [-0.25, -0.2) is 13.9 Å². The van der Waals surface area contributed by atoms with E-state index in [0.717, 1.165) is 11.5 Å². The van der Waals surface area contributed by atoms with E-state index in [-0.39, 0.29) is 5.56 Å². The summed E-state index contributed by atoms with van der Waals surface area (Å²) < 4.78 is 5.29. The lowest BCUT2D eigenvalue weighted by molar-refractivity contribution is -0.658. The SMILES string of the molecule is Cc1n(C)c(=O)c2c(ncn2C)[n+]1C.O=[N+]([O-])[O-]. The van der Waals surface area contributed by atoms with Crippen LogP contribution in [-0.2, 0) is 21.1 Å². The summed E-state index contributed by atoms with van der Waals surface area (Å²) in [6, 6.07) is 0. The monoisotopic (exact) mass is 255 g/mol. The van der Waals surface area contributed by atoms with Crippen LogP contribution in [0.1, 0.15) is 5.82 Å². The van der Waals surface area contributed by atoms with Crippen LogP contribution in [-0.4, -0.2) is 19.2 Å². The van der Waals surface area contributed by atoms with E-state index in [4.69, 9.17) is 15.3 Å². The highest BCUT2D eigenvalue weighted by Gasteiger charge is 2.18. The molecule has 0 N–H and O–H groups in total. The molecular weight excluding hydrogens is 242 g/mol. The van der Waals surface area contributed by atoms with Gasteiger partial charge in [-0.05, 0) is 0 Å². The molecule has 2 rings (SSSR count). The third-order valence-corrected chi connectivity index (χ3v) is 2.71. The second kappa shape index (κ2) is 4.82. The zero-order valence-corrected chi connectivity index (χ0v) is 10.4.